The first-order chi connectivity index (χ1) is 10.5. The van der Waals surface area contributed by atoms with Crippen molar-refractivity contribution in [3.05, 3.63) is 47.2 Å². The van der Waals surface area contributed by atoms with Crippen LogP contribution in [0.1, 0.15) is 17.4 Å². The molecule has 22 heavy (non-hydrogen) atoms. The summed E-state index contributed by atoms with van der Waals surface area (Å²) in [7, 11) is 2.08. The van der Waals surface area contributed by atoms with Gasteiger partial charge in [0.2, 0.25) is 0 Å². The zero-order chi connectivity index (χ0) is 15.7. The van der Waals surface area contributed by atoms with Crippen LogP contribution in [0.15, 0.2) is 36.5 Å². The number of hydrogen-bond donors (Lipinski definition) is 0. The van der Waals surface area contributed by atoms with Crippen LogP contribution in [0.4, 0.5) is 0 Å². The van der Waals surface area contributed by atoms with Gasteiger partial charge in [0.25, 0.3) is 5.91 Å². The van der Waals surface area contributed by atoms with Crippen LogP contribution in [-0.4, -0.2) is 58.2 Å². The molecule has 6 heteroatoms. The highest BCUT2D eigenvalue weighted by molar-refractivity contribution is 6.30. The van der Waals surface area contributed by atoms with E-state index in [0.29, 0.717) is 10.7 Å². The summed E-state index contributed by atoms with van der Waals surface area (Å²) in [5.74, 6) is -0.0126. The predicted octanol–water partition coefficient (Wildman–Crippen LogP) is 2.30. The molecule has 2 aromatic rings. The monoisotopic (exact) mass is 318 g/mol. The second-order valence-electron chi connectivity index (χ2n) is 5.74. The Hall–Kier alpha value is -1.85. The van der Waals surface area contributed by atoms with E-state index in [1.54, 1.807) is 16.9 Å². The molecule has 1 fully saturated rings. The fraction of sp³-hybridized carbons (Fsp3) is 0.375. The lowest BCUT2D eigenvalue weighted by Crippen LogP contribution is -2.52. The molecule has 1 atom stereocenters. The number of carbonyl (C=O) groups excluding carboxylic acids is 1. The van der Waals surface area contributed by atoms with E-state index in [-0.39, 0.29) is 11.9 Å². The van der Waals surface area contributed by atoms with Crippen molar-refractivity contribution in [2.45, 2.75) is 13.0 Å². The summed E-state index contributed by atoms with van der Waals surface area (Å²) >= 11 is 6.00. The Morgan fingerprint density at radius 3 is 2.86 bits per heavy atom. The van der Waals surface area contributed by atoms with Gasteiger partial charge in [-0.3, -0.25) is 4.79 Å². The molecule has 0 spiro atoms. The van der Waals surface area contributed by atoms with Crippen LogP contribution < -0.4 is 0 Å². The van der Waals surface area contributed by atoms with Crippen LogP contribution in [-0.2, 0) is 0 Å². The molecule has 5 nitrogen and oxygen atoms in total. The Balaban J connectivity index is 1.80. The first-order valence-electron chi connectivity index (χ1n) is 7.36. The maximum Gasteiger partial charge on any atom is 0.274 e. The van der Waals surface area contributed by atoms with Gasteiger partial charge in [0.1, 0.15) is 0 Å². The van der Waals surface area contributed by atoms with Gasteiger partial charge >= 0.3 is 0 Å². The number of halogens is 1. The Kier molecular flexibility index (Phi) is 4.18. The Morgan fingerprint density at radius 1 is 1.32 bits per heavy atom. The minimum absolute atomic E-state index is 0.0126. The van der Waals surface area contributed by atoms with Crippen molar-refractivity contribution >= 4 is 17.5 Å². The molecule has 1 aliphatic rings. The number of carbonyl (C=O) groups is 1. The first-order valence-corrected chi connectivity index (χ1v) is 7.73. The van der Waals surface area contributed by atoms with Crippen molar-refractivity contribution in [2.24, 2.45) is 0 Å². The molecule has 116 valence electrons. The van der Waals surface area contributed by atoms with Crippen LogP contribution in [0.5, 0.6) is 0 Å². The molecule has 0 bridgehead atoms. The number of piperazine rings is 1. The van der Waals surface area contributed by atoms with Crippen molar-refractivity contribution in [1.82, 2.24) is 19.6 Å². The summed E-state index contributed by atoms with van der Waals surface area (Å²) in [5, 5.41) is 5.05. The van der Waals surface area contributed by atoms with Crippen molar-refractivity contribution in [2.75, 3.05) is 26.7 Å². The zero-order valence-corrected chi connectivity index (χ0v) is 13.5. The normalized spacial score (nSPS) is 19.4. The predicted molar refractivity (Wildman–Crippen MR) is 86.6 cm³/mol. The molecular formula is C16H19ClN4O. The Bertz CT molecular complexity index is 684. The number of benzene rings is 1. The van der Waals surface area contributed by atoms with E-state index in [1.807, 2.05) is 29.2 Å². The summed E-state index contributed by atoms with van der Waals surface area (Å²) in [6, 6.07) is 9.36. The highest BCUT2D eigenvalue weighted by Gasteiger charge is 2.27. The third-order valence-corrected chi connectivity index (χ3v) is 4.21. The van der Waals surface area contributed by atoms with E-state index >= 15 is 0 Å². The van der Waals surface area contributed by atoms with Gasteiger partial charge in [-0.2, -0.15) is 5.10 Å². The quantitative estimate of drug-likeness (QED) is 0.853. The largest absolute Gasteiger partial charge is 0.332 e. The standard InChI is InChI=1S/C16H19ClN4O/c1-12-11-19(2)8-9-20(12)16(22)15-6-7-21(18-15)14-5-3-4-13(17)10-14/h3-7,10,12H,8-9,11H2,1-2H3/t12-/m0/s1. The molecule has 0 unspecified atom stereocenters. The van der Waals surface area contributed by atoms with Gasteiger partial charge in [-0.1, -0.05) is 17.7 Å². The van der Waals surface area contributed by atoms with E-state index in [1.165, 1.54) is 0 Å². The molecule has 1 amide bonds. The zero-order valence-electron chi connectivity index (χ0n) is 12.7. The minimum Gasteiger partial charge on any atom is -0.332 e. The van der Waals surface area contributed by atoms with Crippen molar-refractivity contribution in [1.29, 1.82) is 0 Å². The van der Waals surface area contributed by atoms with Gasteiger partial charge in [-0.25, -0.2) is 4.68 Å². The maximum absolute atomic E-state index is 12.6. The summed E-state index contributed by atoms with van der Waals surface area (Å²) in [4.78, 5) is 16.8. The van der Waals surface area contributed by atoms with Crippen molar-refractivity contribution in [3.63, 3.8) is 0 Å². The molecule has 0 radical (unpaired) electrons. The average molecular weight is 319 g/mol. The molecule has 1 aliphatic heterocycles. The number of amides is 1. The van der Waals surface area contributed by atoms with Crippen LogP contribution in [0.3, 0.4) is 0 Å². The minimum atomic E-state index is -0.0126. The number of nitrogens with zero attached hydrogens (tertiary/aromatic N) is 4. The number of aromatic nitrogens is 2. The number of rotatable bonds is 2. The van der Waals surface area contributed by atoms with Crippen LogP contribution in [0.25, 0.3) is 5.69 Å². The molecular weight excluding hydrogens is 300 g/mol. The SMILES string of the molecule is C[C@H]1CN(C)CCN1C(=O)c1ccn(-c2cccc(Cl)c2)n1. The lowest BCUT2D eigenvalue weighted by atomic mass is 10.2. The van der Waals surface area contributed by atoms with Crippen LogP contribution in [0.2, 0.25) is 5.02 Å². The van der Waals surface area contributed by atoms with E-state index in [2.05, 4.69) is 24.0 Å². The second-order valence-corrected chi connectivity index (χ2v) is 6.17. The highest BCUT2D eigenvalue weighted by Crippen LogP contribution is 2.16. The van der Waals surface area contributed by atoms with Gasteiger partial charge < -0.3 is 9.80 Å². The van der Waals surface area contributed by atoms with E-state index < -0.39 is 0 Å². The summed E-state index contributed by atoms with van der Waals surface area (Å²) in [6.45, 7) is 4.59. The third-order valence-electron chi connectivity index (χ3n) is 3.97. The lowest BCUT2D eigenvalue weighted by Gasteiger charge is -2.37. The van der Waals surface area contributed by atoms with Gasteiger partial charge in [0, 0.05) is 36.9 Å². The van der Waals surface area contributed by atoms with Gasteiger partial charge in [-0.05, 0) is 38.2 Å². The molecule has 0 aliphatic carbocycles. The van der Waals surface area contributed by atoms with Gasteiger partial charge in [0.15, 0.2) is 5.69 Å². The van der Waals surface area contributed by atoms with Gasteiger partial charge in [0.05, 0.1) is 5.69 Å². The number of likely N-dealkylation sites (N-methyl/N-ethyl adjacent to an activating group) is 1. The summed E-state index contributed by atoms with van der Waals surface area (Å²) < 4.78 is 1.68. The first kappa shape index (κ1) is 15.1. The third kappa shape index (κ3) is 3.00. The van der Waals surface area contributed by atoms with Crippen LogP contribution in [0, 0.1) is 0 Å². The Morgan fingerprint density at radius 2 is 2.14 bits per heavy atom. The van der Waals surface area contributed by atoms with Crippen molar-refractivity contribution in [3.8, 4) is 5.69 Å². The molecule has 3 rings (SSSR count). The van der Waals surface area contributed by atoms with E-state index in [4.69, 9.17) is 11.6 Å². The molecule has 1 aromatic heterocycles. The van der Waals surface area contributed by atoms with E-state index in [0.717, 1.165) is 25.3 Å². The second kappa shape index (κ2) is 6.10. The molecule has 2 heterocycles. The van der Waals surface area contributed by atoms with Crippen LogP contribution >= 0.6 is 11.6 Å². The fourth-order valence-electron chi connectivity index (χ4n) is 2.79. The number of hydrogen-bond acceptors (Lipinski definition) is 3. The molecule has 0 saturated carbocycles. The molecule has 1 saturated heterocycles. The van der Waals surface area contributed by atoms with Crippen molar-refractivity contribution < 1.29 is 4.79 Å². The lowest BCUT2D eigenvalue weighted by molar-refractivity contribution is 0.0527. The van der Waals surface area contributed by atoms with E-state index in [9.17, 15) is 4.79 Å². The summed E-state index contributed by atoms with van der Waals surface area (Å²) in [5.41, 5.74) is 1.31. The molecule has 0 N–H and O–H groups in total. The maximum atomic E-state index is 12.6. The highest BCUT2D eigenvalue weighted by atomic mass is 35.5. The topological polar surface area (TPSA) is 41.4 Å². The average Bonchev–Trinajstić information content (AvgIpc) is 2.96. The Labute approximate surface area is 135 Å². The smallest absolute Gasteiger partial charge is 0.274 e. The summed E-state index contributed by atoms with van der Waals surface area (Å²) in [6.07, 6.45) is 1.79. The molecule has 1 aromatic carbocycles. The van der Waals surface area contributed by atoms with Gasteiger partial charge in [-0.15, -0.1) is 0 Å². The fourth-order valence-corrected chi connectivity index (χ4v) is 2.97.